The zero-order valence-corrected chi connectivity index (χ0v) is 12.3. The van der Waals surface area contributed by atoms with Gasteiger partial charge in [0.2, 0.25) is 10.0 Å². The highest BCUT2D eigenvalue weighted by Gasteiger charge is 2.17. The largest absolute Gasteiger partial charge is 0.303 e. The van der Waals surface area contributed by atoms with Crippen LogP contribution in [0.25, 0.3) is 0 Å². The molecule has 0 radical (unpaired) electrons. The number of aromatic nitrogens is 1. The third-order valence-corrected chi connectivity index (χ3v) is 5.10. The molecule has 0 atom stereocenters. The molecule has 0 bridgehead atoms. The summed E-state index contributed by atoms with van der Waals surface area (Å²) in [5.41, 5.74) is 0. The lowest BCUT2D eigenvalue weighted by molar-refractivity contribution is 0.334. The van der Waals surface area contributed by atoms with Crippen molar-refractivity contribution < 1.29 is 8.42 Å². The molecule has 0 aliphatic carbocycles. The molecule has 7 heteroatoms. The van der Waals surface area contributed by atoms with Gasteiger partial charge < -0.3 is 4.90 Å². The summed E-state index contributed by atoms with van der Waals surface area (Å²) in [4.78, 5) is 6.18. The SMILES string of the molecule is O=S(=O)(NCCCN1CCCC1)c1cnccc1Cl. The van der Waals surface area contributed by atoms with Crippen LogP contribution in [0.4, 0.5) is 0 Å². The van der Waals surface area contributed by atoms with Crippen molar-refractivity contribution in [1.82, 2.24) is 14.6 Å². The van der Waals surface area contributed by atoms with Crippen LogP contribution in [0.1, 0.15) is 19.3 Å². The fraction of sp³-hybridized carbons (Fsp3) is 0.583. The van der Waals surface area contributed by atoms with Crippen LogP contribution in [-0.4, -0.2) is 44.5 Å². The molecule has 2 heterocycles. The molecule has 0 amide bonds. The summed E-state index contributed by atoms with van der Waals surface area (Å²) >= 11 is 5.86. The van der Waals surface area contributed by atoms with Crippen molar-refractivity contribution >= 4 is 21.6 Å². The molecule has 1 aromatic rings. The second-order valence-electron chi connectivity index (χ2n) is 4.61. The summed E-state index contributed by atoms with van der Waals surface area (Å²) in [5, 5.41) is 0.196. The lowest BCUT2D eigenvalue weighted by Crippen LogP contribution is -2.29. The van der Waals surface area contributed by atoms with Crippen molar-refractivity contribution in [3.63, 3.8) is 0 Å². The third kappa shape index (κ3) is 4.14. The molecule has 0 saturated carbocycles. The normalized spacial score (nSPS) is 16.9. The second kappa shape index (κ2) is 6.65. The molecule has 0 spiro atoms. The number of likely N-dealkylation sites (tertiary alicyclic amines) is 1. The van der Waals surface area contributed by atoms with Gasteiger partial charge in [-0.3, -0.25) is 4.98 Å². The molecule has 0 unspecified atom stereocenters. The molecule has 1 N–H and O–H groups in total. The van der Waals surface area contributed by atoms with E-state index in [1.807, 2.05) is 0 Å². The predicted octanol–water partition coefficient (Wildman–Crippen LogP) is 1.50. The first-order chi connectivity index (χ1) is 9.09. The number of nitrogens with one attached hydrogen (secondary N) is 1. The number of hydrogen-bond acceptors (Lipinski definition) is 4. The first kappa shape index (κ1) is 14.7. The van der Waals surface area contributed by atoms with E-state index in [1.165, 1.54) is 31.3 Å². The van der Waals surface area contributed by atoms with Gasteiger partial charge in [0.1, 0.15) is 4.90 Å². The lowest BCUT2D eigenvalue weighted by Gasteiger charge is -2.14. The van der Waals surface area contributed by atoms with Gasteiger partial charge in [-0.15, -0.1) is 0 Å². The maximum Gasteiger partial charge on any atom is 0.243 e. The van der Waals surface area contributed by atoms with Crippen molar-refractivity contribution in [2.45, 2.75) is 24.2 Å². The topological polar surface area (TPSA) is 62.3 Å². The van der Waals surface area contributed by atoms with Gasteiger partial charge in [0.15, 0.2) is 0 Å². The van der Waals surface area contributed by atoms with Crippen LogP contribution >= 0.6 is 11.6 Å². The Bertz CT molecular complexity index is 515. The fourth-order valence-electron chi connectivity index (χ4n) is 2.15. The molecule has 1 aliphatic rings. The predicted molar refractivity (Wildman–Crippen MR) is 74.7 cm³/mol. The van der Waals surface area contributed by atoms with E-state index in [0.717, 1.165) is 26.1 Å². The van der Waals surface area contributed by atoms with Crippen molar-refractivity contribution in [3.05, 3.63) is 23.5 Å². The number of sulfonamides is 1. The monoisotopic (exact) mass is 303 g/mol. The van der Waals surface area contributed by atoms with E-state index >= 15 is 0 Å². The number of hydrogen-bond donors (Lipinski definition) is 1. The van der Waals surface area contributed by atoms with E-state index < -0.39 is 10.0 Å². The quantitative estimate of drug-likeness (QED) is 0.809. The fourth-order valence-corrected chi connectivity index (χ4v) is 3.66. The van der Waals surface area contributed by atoms with Gasteiger partial charge in [-0.25, -0.2) is 13.1 Å². The molecule has 1 aromatic heterocycles. The van der Waals surface area contributed by atoms with Gasteiger partial charge in [0.25, 0.3) is 0 Å². The average Bonchev–Trinajstić information content (AvgIpc) is 2.88. The summed E-state index contributed by atoms with van der Waals surface area (Å²) in [7, 11) is -3.55. The molecule has 19 heavy (non-hydrogen) atoms. The Morgan fingerprint density at radius 1 is 1.37 bits per heavy atom. The Morgan fingerprint density at radius 2 is 2.11 bits per heavy atom. The highest BCUT2D eigenvalue weighted by Crippen LogP contribution is 2.18. The van der Waals surface area contributed by atoms with Gasteiger partial charge in [-0.2, -0.15) is 0 Å². The molecular formula is C12H18ClN3O2S. The smallest absolute Gasteiger partial charge is 0.243 e. The van der Waals surface area contributed by atoms with Crippen LogP contribution in [0, 0.1) is 0 Å². The first-order valence-electron chi connectivity index (χ1n) is 6.41. The number of halogens is 1. The van der Waals surface area contributed by atoms with E-state index in [1.54, 1.807) is 0 Å². The molecule has 0 aromatic carbocycles. The Morgan fingerprint density at radius 3 is 2.79 bits per heavy atom. The Balaban J connectivity index is 1.82. The van der Waals surface area contributed by atoms with Crippen molar-refractivity contribution in [1.29, 1.82) is 0 Å². The van der Waals surface area contributed by atoms with Crippen LogP contribution in [0.2, 0.25) is 5.02 Å². The zero-order chi connectivity index (χ0) is 13.7. The van der Waals surface area contributed by atoms with Gasteiger partial charge >= 0.3 is 0 Å². The Hall–Kier alpha value is -0.690. The number of rotatable bonds is 6. The van der Waals surface area contributed by atoms with E-state index in [0.29, 0.717) is 6.54 Å². The first-order valence-corrected chi connectivity index (χ1v) is 8.27. The minimum Gasteiger partial charge on any atom is -0.303 e. The molecule has 2 rings (SSSR count). The van der Waals surface area contributed by atoms with Gasteiger partial charge in [-0.1, -0.05) is 11.6 Å². The van der Waals surface area contributed by atoms with Gasteiger partial charge in [-0.05, 0) is 45.0 Å². The summed E-state index contributed by atoms with van der Waals surface area (Å²) < 4.78 is 26.6. The van der Waals surface area contributed by atoms with Crippen molar-refractivity contribution in [3.8, 4) is 0 Å². The molecule has 106 valence electrons. The van der Waals surface area contributed by atoms with Crippen LogP contribution in [-0.2, 0) is 10.0 Å². The molecule has 1 fully saturated rings. The maximum atomic E-state index is 12.0. The molecule has 1 saturated heterocycles. The molecular weight excluding hydrogens is 286 g/mol. The van der Waals surface area contributed by atoms with E-state index in [9.17, 15) is 8.42 Å². The van der Waals surface area contributed by atoms with E-state index in [4.69, 9.17) is 11.6 Å². The summed E-state index contributed by atoms with van der Waals surface area (Å²) in [6, 6.07) is 1.47. The third-order valence-electron chi connectivity index (χ3n) is 3.17. The highest BCUT2D eigenvalue weighted by atomic mass is 35.5. The Kier molecular flexibility index (Phi) is 5.15. The second-order valence-corrected chi connectivity index (χ2v) is 6.75. The standard InChI is InChI=1S/C12H18ClN3O2S/c13-11-4-6-14-10-12(11)19(17,18)15-5-3-9-16-7-1-2-8-16/h4,6,10,15H,1-3,5,7-9H2. The van der Waals surface area contributed by atoms with Crippen LogP contribution in [0.15, 0.2) is 23.4 Å². The Labute approximate surface area is 119 Å². The minimum atomic E-state index is -3.55. The maximum absolute atomic E-state index is 12.0. The van der Waals surface area contributed by atoms with Crippen LogP contribution in [0.5, 0.6) is 0 Å². The molecule has 5 nitrogen and oxygen atoms in total. The zero-order valence-electron chi connectivity index (χ0n) is 10.7. The number of nitrogens with zero attached hydrogens (tertiary/aromatic N) is 2. The van der Waals surface area contributed by atoms with Gasteiger partial charge in [0, 0.05) is 18.9 Å². The van der Waals surface area contributed by atoms with E-state index in [2.05, 4.69) is 14.6 Å². The van der Waals surface area contributed by atoms with Crippen LogP contribution < -0.4 is 4.72 Å². The highest BCUT2D eigenvalue weighted by molar-refractivity contribution is 7.89. The summed E-state index contributed by atoms with van der Waals surface area (Å²) in [6.45, 7) is 3.61. The average molecular weight is 304 g/mol. The van der Waals surface area contributed by atoms with Crippen molar-refractivity contribution in [2.75, 3.05) is 26.2 Å². The summed E-state index contributed by atoms with van der Waals surface area (Å²) in [5.74, 6) is 0. The number of pyridine rings is 1. The lowest BCUT2D eigenvalue weighted by atomic mass is 10.4. The summed E-state index contributed by atoms with van der Waals surface area (Å²) in [6.07, 6.45) is 6.03. The van der Waals surface area contributed by atoms with E-state index in [-0.39, 0.29) is 9.92 Å². The van der Waals surface area contributed by atoms with Crippen LogP contribution in [0.3, 0.4) is 0 Å². The molecule has 1 aliphatic heterocycles. The minimum absolute atomic E-state index is 0.0397. The van der Waals surface area contributed by atoms with Gasteiger partial charge in [0.05, 0.1) is 5.02 Å². The van der Waals surface area contributed by atoms with Crippen molar-refractivity contribution in [2.24, 2.45) is 0 Å².